The monoisotopic (exact) mass is 134 g/mol. The summed E-state index contributed by atoms with van der Waals surface area (Å²) >= 11 is 0. The van der Waals surface area contributed by atoms with Crippen LogP contribution >= 0.6 is 0 Å². The Hall–Kier alpha value is -0.660. The van der Waals surface area contributed by atoms with E-state index < -0.39 is 0 Å². The summed E-state index contributed by atoms with van der Waals surface area (Å²) in [4.78, 5) is 0. The van der Waals surface area contributed by atoms with Crippen molar-refractivity contribution in [2.45, 2.75) is 20.3 Å². The second kappa shape index (κ2) is 4.24. The summed E-state index contributed by atoms with van der Waals surface area (Å²) in [6.45, 7) is 4.33. The van der Waals surface area contributed by atoms with Gasteiger partial charge in [0.1, 0.15) is 0 Å². The summed E-state index contributed by atoms with van der Waals surface area (Å²) in [5.41, 5.74) is 2.96. The Kier molecular flexibility index (Phi) is 5.27. The zero-order chi connectivity index (χ0) is 5.28. The zero-order valence-corrected chi connectivity index (χ0v) is 5.68. The summed E-state index contributed by atoms with van der Waals surface area (Å²) < 4.78 is 0. The summed E-state index contributed by atoms with van der Waals surface area (Å²) in [5, 5.41) is 0. The lowest BCUT2D eigenvalue weighted by Gasteiger charge is -1.87. The SMILES string of the molecule is CC1=C(C)CC=C1.F.F. The highest BCUT2D eigenvalue weighted by molar-refractivity contribution is 5.30. The second-order valence-electron chi connectivity index (χ2n) is 2.07. The summed E-state index contributed by atoms with van der Waals surface area (Å²) in [6, 6.07) is 0. The minimum absolute atomic E-state index is 0. The predicted molar refractivity (Wildman–Crippen MR) is 37.1 cm³/mol. The smallest absolute Gasteiger partial charge is 0.0133 e. The van der Waals surface area contributed by atoms with Gasteiger partial charge in [0.25, 0.3) is 0 Å². The molecule has 0 aromatic carbocycles. The third kappa shape index (κ3) is 2.40. The van der Waals surface area contributed by atoms with Crippen molar-refractivity contribution in [2.24, 2.45) is 0 Å². The zero-order valence-electron chi connectivity index (χ0n) is 5.68. The quantitative estimate of drug-likeness (QED) is 0.477. The maximum atomic E-state index is 2.20. The highest BCUT2D eigenvalue weighted by Crippen LogP contribution is 2.16. The van der Waals surface area contributed by atoms with Gasteiger partial charge in [-0.15, -0.1) is 0 Å². The van der Waals surface area contributed by atoms with Crippen molar-refractivity contribution in [1.29, 1.82) is 0 Å². The Morgan fingerprint density at radius 2 is 1.78 bits per heavy atom. The van der Waals surface area contributed by atoms with Crippen LogP contribution in [-0.4, -0.2) is 0 Å². The fraction of sp³-hybridized carbons (Fsp3) is 0.429. The topological polar surface area (TPSA) is 0 Å². The number of hydrogen-bond donors (Lipinski definition) is 0. The van der Waals surface area contributed by atoms with E-state index in [2.05, 4.69) is 26.0 Å². The largest absolute Gasteiger partial charge is 0.269 e. The van der Waals surface area contributed by atoms with E-state index in [0.717, 1.165) is 0 Å². The van der Waals surface area contributed by atoms with E-state index in [4.69, 9.17) is 0 Å². The average Bonchev–Trinajstić information content (AvgIpc) is 1.91. The molecule has 0 amide bonds. The van der Waals surface area contributed by atoms with Crippen LogP contribution in [-0.2, 0) is 0 Å². The molecular weight excluding hydrogens is 122 g/mol. The average molecular weight is 134 g/mol. The highest BCUT2D eigenvalue weighted by atomic mass is 19.0. The van der Waals surface area contributed by atoms with Gasteiger partial charge >= 0.3 is 0 Å². The molecule has 0 unspecified atom stereocenters. The van der Waals surface area contributed by atoms with Crippen LogP contribution < -0.4 is 0 Å². The van der Waals surface area contributed by atoms with Gasteiger partial charge in [-0.1, -0.05) is 23.3 Å². The number of allylic oxidation sites excluding steroid dienone is 4. The van der Waals surface area contributed by atoms with Gasteiger partial charge in [-0.3, -0.25) is 9.41 Å². The Bertz CT molecular complexity index is 134. The molecule has 0 atom stereocenters. The molecule has 0 saturated carbocycles. The van der Waals surface area contributed by atoms with Crippen LogP contribution in [0.15, 0.2) is 23.3 Å². The Balaban J connectivity index is 0. The third-order valence-electron chi connectivity index (χ3n) is 1.47. The van der Waals surface area contributed by atoms with Crippen molar-refractivity contribution < 1.29 is 9.41 Å². The predicted octanol–water partition coefficient (Wildman–Crippen LogP) is 2.59. The van der Waals surface area contributed by atoms with Crippen LogP contribution in [0, 0.1) is 0 Å². The first kappa shape index (κ1) is 11.2. The fourth-order valence-corrected chi connectivity index (χ4v) is 0.716. The molecule has 1 rings (SSSR count). The van der Waals surface area contributed by atoms with Crippen LogP contribution in [0.1, 0.15) is 20.3 Å². The van der Waals surface area contributed by atoms with E-state index in [1.54, 1.807) is 0 Å². The summed E-state index contributed by atoms with van der Waals surface area (Å²) in [6.07, 6.45) is 5.55. The van der Waals surface area contributed by atoms with E-state index in [9.17, 15) is 0 Å². The van der Waals surface area contributed by atoms with Crippen molar-refractivity contribution in [3.8, 4) is 0 Å². The van der Waals surface area contributed by atoms with Gasteiger partial charge < -0.3 is 0 Å². The second-order valence-corrected chi connectivity index (χ2v) is 2.07. The standard InChI is InChI=1S/C7H10.2FH/c1-6-4-3-5-7(6)2;;/h3-4H,5H2,1-2H3;2*1H. The molecule has 0 aliphatic heterocycles. The first-order valence-electron chi connectivity index (χ1n) is 2.63. The van der Waals surface area contributed by atoms with Crippen LogP contribution in [0.25, 0.3) is 0 Å². The first-order chi connectivity index (χ1) is 3.30. The molecule has 9 heavy (non-hydrogen) atoms. The molecular formula is C7H12F2. The van der Waals surface area contributed by atoms with E-state index in [1.807, 2.05) is 0 Å². The Morgan fingerprint density at radius 1 is 1.22 bits per heavy atom. The van der Waals surface area contributed by atoms with Crippen LogP contribution in [0.5, 0.6) is 0 Å². The Labute approximate surface area is 54.0 Å². The van der Waals surface area contributed by atoms with E-state index in [1.165, 1.54) is 17.6 Å². The lowest BCUT2D eigenvalue weighted by Crippen LogP contribution is -1.67. The molecule has 54 valence electrons. The number of halogens is 2. The van der Waals surface area contributed by atoms with E-state index in [0.29, 0.717) is 0 Å². The van der Waals surface area contributed by atoms with Gasteiger partial charge in [0.05, 0.1) is 0 Å². The molecule has 1 aliphatic carbocycles. The minimum atomic E-state index is 0. The molecule has 0 nitrogen and oxygen atoms in total. The number of hydrogen-bond acceptors (Lipinski definition) is 0. The highest BCUT2D eigenvalue weighted by Gasteiger charge is 1.95. The normalized spacial score (nSPS) is 14.9. The first-order valence-corrected chi connectivity index (χ1v) is 2.63. The summed E-state index contributed by atoms with van der Waals surface area (Å²) in [7, 11) is 0. The Morgan fingerprint density at radius 3 is 1.89 bits per heavy atom. The van der Waals surface area contributed by atoms with Gasteiger partial charge in [-0.25, -0.2) is 0 Å². The molecule has 0 bridgehead atoms. The van der Waals surface area contributed by atoms with Gasteiger partial charge in [-0.2, -0.15) is 0 Å². The molecule has 0 fully saturated rings. The van der Waals surface area contributed by atoms with Crippen LogP contribution in [0.4, 0.5) is 9.41 Å². The minimum Gasteiger partial charge on any atom is -0.269 e. The van der Waals surface area contributed by atoms with Crippen molar-refractivity contribution in [3.63, 3.8) is 0 Å². The third-order valence-corrected chi connectivity index (χ3v) is 1.47. The molecule has 0 N–H and O–H groups in total. The molecule has 0 aromatic heterocycles. The van der Waals surface area contributed by atoms with E-state index in [-0.39, 0.29) is 9.41 Å². The molecule has 1 aliphatic rings. The molecule has 0 saturated heterocycles. The maximum Gasteiger partial charge on any atom is -0.0133 e. The molecule has 0 spiro atoms. The lowest BCUT2D eigenvalue weighted by atomic mass is 10.2. The van der Waals surface area contributed by atoms with Crippen molar-refractivity contribution in [2.75, 3.05) is 0 Å². The van der Waals surface area contributed by atoms with Gasteiger partial charge in [0.2, 0.25) is 0 Å². The summed E-state index contributed by atoms with van der Waals surface area (Å²) in [5.74, 6) is 0. The van der Waals surface area contributed by atoms with Crippen LogP contribution in [0.2, 0.25) is 0 Å². The van der Waals surface area contributed by atoms with Crippen LogP contribution in [0.3, 0.4) is 0 Å². The van der Waals surface area contributed by atoms with Gasteiger partial charge in [0, 0.05) is 0 Å². The lowest BCUT2D eigenvalue weighted by molar-refractivity contribution is 1.11. The molecule has 0 heterocycles. The number of rotatable bonds is 0. The van der Waals surface area contributed by atoms with Gasteiger partial charge in [-0.05, 0) is 20.3 Å². The van der Waals surface area contributed by atoms with E-state index >= 15 is 0 Å². The van der Waals surface area contributed by atoms with Crippen molar-refractivity contribution >= 4 is 0 Å². The van der Waals surface area contributed by atoms with Crippen molar-refractivity contribution in [1.82, 2.24) is 0 Å². The van der Waals surface area contributed by atoms with Gasteiger partial charge in [0.15, 0.2) is 0 Å². The molecule has 2 heteroatoms. The fourth-order valence-electron chi connectivity index (χ4n) is 0.716. The molecule has 0 radical (unpaired) electrons. The van der Waals surface area contributed by atoms with Crippen molar-refractivity contribution in [3.05, 3.63) is 23.3 Å². The maximum absolute atomic E-state index is 2.20. The molecule has 0 aromatic rings.